The summed E-state index contributed by atoms with van der Waals surface area (Å²) in [5, 5.41) is 4.23. The van der Waals surface area contributed by atoms with Gasteiger partial charge >= 0.3 is 0 Å². The van der Waals surface area contributed by atoms with Gasteiger partial charge in [0.25, 0.3) is 5.56 Å². The van der Waals surface area contributed by atoms with Gasteiger partial charge < -0.3 is 0 Å². The zero-order valence-electron chi connectivity index (χ0n) is 9.00. The highest BCUT2D eigenvalue weighted by Crippen LogP contribution is 2.33. The fourth-order valence-corrected chi connectivity index (χ4v) is 3.90. The van der Waals surface area contributed by atoms with Gasteiger partial charge in [-0.15, -0.1) is 23.5 Å². The Morgan fingerprint density at radius 2 is 1.88 bits per heavy atom. The Morgan fingerprint density at radius 3 is 2.71 bits per heavy atom. The van der Waals surface area contributed by atoms with Gasteiger partial charge in [-0.1, -0.05) is 18.2 Å². The lowest BCUT2D eigenvalue weighted by Gasteiger charge is -2.14. The third kappa shape index (κ3) is 2.00. The third-order valence-electron chi connectivity index (χ3n) is 2.49. The second-order valence-electron chi connectivity index (χ2n) is 3.59. The van der Waals surface area contributed by atoms with Crippen LogP contribution in [0, 0.1) is 0 Å². The van der Waals surface area contributed by atoms with Crippen molar-refractivity contribution in [3.05, 3.63) is 46.9 Å². The minimum Gasteiger partial charge on any atom is -0.266 e. The van der Waals surface area contributed by atoms with Crippen LogP contribution in [0.25, 0.3) is 5.69 Å². The molecular weight excluding hydrogens is 252 g/mol. The second kappa shape index (κ2) is 4.58. The number of rotatable bonds is 1. The van der Waals surface area contributed by atoms with Gasteiger partial charge in [-0.05, 0) is 12.1 Å². The maximum absolute atomic E-state index is 12.3. The number of hydrogen-bond donors (Lipinski definition) is 0. The van der Waals surface area contributed by atoms with Crippen molar-refractivity contribution in [1.29, 1.82) is 0 Å². The lowest BCUT2D eigenvalue weighted by atomic mass is 10.3. The summed E-state index contributed by atoms with van der Waals surface area (Å²) in [7, 11) is 0. The molecule has 5 heteroatoms. The van der Waals surface area contributed by atoms with E-state index in [0.717, 1.165) is 27.0 Å². The van der Waals surface area contributed by atoms with Crippen molar-refractivity contribution >= 4 is 23.5 Å². The topological polar surface area (TPSA) is 34.9 Å². The first-order chi connectivity index (χ1) is 8.36. The lowest BCUT2D eigenvalue weighted by molar-refractivity contribution is 0.755. The van der Waals surface area contributed by atoms with Crippen LogP contribution in [-0.2, 0) is 0 Å². The van der Waals surface area contributed by atoms with Crippen LogP contribution in [0.3, 0.4) is 0 Å². The minimum absolute atomic E-state index is 0.00843. The molecular formula is C12H10N2OS2. The van der Waals surface area contributed by atoms with Crippen LogP contribution in [-0.4, -0.2) is 21.3 Å². The molecule has 1 aliphatic heterocycles. The second-order valence-corrected chi connectivity index (χ2v) is 5.83. The number of benzene rings is 1. The van der Waals surface area contributed by atoms with Gasteiger partial charge in [0.2, 0.25) is 0 Å². The van der Waals surface area contributed by atoms with Crippen LogP contribution in [0.2, 0.25) is 0 Å². The van der Waals surface area contributed by atoms with E-state index < -0.39 is 0 Å². The monoisotopic (exact) mass is 262 g/mol. The van der Waals surface area contributed by atoms with Crippen molar-refractivity contribution in [1.82, 2.24) is 9.78 Å². The molecule has 0 saturated carbocycles. The van der Waals surface area contributed by atoms with Gasteiger partial charge in [0.15, 0.2) is 0 Å². The Morgan fingerprint density at radius 1 is 1.12 bits per heavy atom. The van der Waals surface area contributed by atoms with Crippen LogP contribution in [0.1, 0.15) is 0 Å². The van der Waals surface area contributed by atoms with Crippen LogP contribution >= 0.6 is 23.5 Å². The number of para-hydroxylation sites is 1. The van der Waals surface area contributed by atoms with E-state index in [1.54, 1.807) is 29.7 Å². The molecule has 1 aromatic heterocycles. The molecule has 86 valence electrons. The Bertz CT molecular complexity index is 595. The summed E-state index contributed by atoms with van der Waals surface area (Å²) in [6.07, 6.45) is 1.79. The molecule has 0 aliphatic carbocycles. The van der Waals surface area contributed by atoms with E-state index in [0.29, 0.717) is 0 Å². The van der Waals surface area contributed by atoms with Crippen LogP contribution in [0.4, 0.5) is 0 Å². The van der Waals surface area contributed by atoms with E-state index >= 15 is 0 Å². The highest BCUT2D eigenvalue weighted by Gasteiger charge is 2.16. The Hall–Kier alpha value is -1.20. The van der Waals surface area contributed by atoms with E-state index in [1.165, 1.54) is 4.68 Å². The molecule has 1 aliphatic rings. The predicted octanol–water partition coefficient (Wildman–Crippen LogP) is 2.43. The first-order valence-corrected chi connectivity index (χ1v) is 7.27. The zero-order chi connectivity index (χ0) is 11.7. The van der Waals surface area contributed by atoms with Gasteiger partial charge in [-0.25, -0.2) is 0 Å². The van der Waals surface area contributed by atoms with Crippen LogP contribution in [0.15, 0.2) is 51.1 Å². The minimum atomic E-state index is -0.00843. The molecule has 0 fully saturated rings. The zero-order valence-corrected chi connectivity index (χ0v) is 10.6. The molecule has 0 bridgehead atoms. The average molecular weight is 262 g/mol. The number of fused-ring (bicyclic) bond motifs is 1. The number of thioether (sulfide) groups is 2. The Kier molecular flexibility index (Phi) is 2.94. The summed E-state index contributed by atoms with van der Waals surface area (Å²) in [4.78, 5) is 14.1. The molecule has 0 saturated heterocycles. The van der Waals surface area contributed by atoms with Crippen molar-refractivity contribution in [2.75, 3.05) is 11.5 Å². The molecule has 0 N–H and O–H groups in total. The van der Waals surface area contributed by atoms with Crippen molar-refractivity contribution in [3.63, 3.8) is 0 Å². The molecule has 1 aromatic carbocycles. The van der Waals surface area contributed by atoms with E-state index in [1.807, 2.05) is 30.3 Å². The summed E-state index contributed by atoms with van der Waals surface area (Å²) < 4.78 is 1.47. The maximum Gasteiger partial charge on any atom is 0.286 e. The summed E-state index contributed by atoms with van der Waals surface area (Å²) in [5.74, 6) is 2.04. The molecule has 0 radical (unpaired) electrons. The largest absolute Gasteiger partial charge is 0.286 e. The summed E-state index contributed by atoms with van der Waals surface area (Å²) in [5.41, 5.74) is 0.808. The number of aromatic nitrogens is 2. The highest BCUT2D eigenvalue weighted by molar-refractivity contribution is 8.05. The van der Waals surface area contributed by atoms with Crippen molar-refractivity contribution in [3.8, 4) is 5.69 Å². The fourth-order valence-electron chi connectivity index (χ4n) is 1.71. The average Bonchev–Trinajstić information content (AvgIpc) is 2.40. The van der Waals surface area contributed by atoms with Crippen molar-refractivity contribution < 1.29 is 0 Å². The molecule has 3 nitrogen and oxygen atoms in total. The number of nitrogens with zero attached hydrogens (tertiary/aromatic N) is 2. The molecule has 0 unspecified atom stereocenters. The Balaban J connectivity index is 2.17. The van der Waals surface area contributed by atoms with E-state index in [9.17, 15) is 4.79 Å². The molecule has 17 heavy (non-hydrogen) atoms. The van der Waals surface area contributed by atoms with Gasteiger partial charge in [0, 0.05) is 16.4 Å². The van der Waals surface area contributed by atoms with E-state index in [-0.39, 0.29) is 5.56 Å². The fraction of sp³-hybridized carbons (Fsp3) is 0.167. The molecule has 3 rings (SSSR count). The molecule has 0 atom stereocenters. The first-order valence-electron chi connectivity index (χ1n) is 5.29. The van der Waals surface area contributed by atoms with E-state index in [2.05, 4.69) is 5.10 Å². The van der Waals surface area contributed by atoms with Gasteiger partial charge in [0.1, 0.15) is 0 Å². The maximum atomic E-state index is 12.3. The smallest absolute Gasteiger partial charge is 0.266 e. The SMILES string of the molecule is O=c1c2c(cnn1-c1ccccc1)SCCS2. The molecule has 2 aromatic rings. The van der Waals surface area contributed by atoms with E-state index in [4.69, 9.17) is 0 Å². The van der Waals surface area contributed by atoms with Gasteiger partial charge in [-0.2, -0.15) is 9.78 Å². The van der Waals surface area contributed by atoms with Gasteiger partial charge in [-0.3, -0.25) is 4.79 Å². The molecule has 0 amide bonds. The predicted molar refractivity (Wildman–Crippen MR) is 71.3 cm³/mol. The summed E-state index contributed by atoms with van der Waals surface area (Å²) >= 11 is 3.34. The van der Waals surface area contributed by atoms with Crippen molar-refractivity contribution in [2.24, 2.45) is 0 Å². The van der Waals surface area contributed by atoms with Gasteiger partial charge in [0.05, 0.1) is 16.8 Å². The summed E-state index contributed by atoms with van der Waals surface area (Å²) in [6, 6.07) is 9.52. The molecule has 0 spiro atoms. The number of hydrogen-bond acceptors (Lipinski definition) is 4. The molecule has 2 heterocycles. The van der Waals surface area contributed by atoms with Crippen LogP contribution in [0.5, 0.6) is 0 Å². The third-order valence-corrected chi connectivity index (χ3v) is 5.00. The van der Waals surface area contributed by atoms with Crippen LogP contribution < -0.4 is 5.56 Å². The quantitative estimate of drug-likeness (QED) is 0.790. The standard InChI is InChI=1S/C12H10N2OS2/c15-12-11-10(16-6-7-17-11)8-13-14(12)9-4-2-1-3-5-9/h1-5,8H,6-7H2. The van der Waals surface area contributed by atoms with Crippen molar-refractivity contribution in [2.45, 2.75) is 9.79 Å². The summed E-state index contributed by atoms with van der Waals surface area (Å²) in [6.45, 7) is 0. The normalized spacial score (nSPS) is 14.4. The highest BCUT2D eigenvalue weighted by atomic mass is 32.2. The lowest BCUT2D eigenvalue weighted by Crippen LogP contribution is -2.24. The first kappa shape index (κ1) is 10.9. The Labute approximate surface area is 107 Å².